The molecule has 1 aliphatic rings. The summed E-state index contributed by atoms with van der Waals surface area (Å²) < 4.78 is 5.41. The van der Waals surface area contributed by atoms with E-state index in [4.69, 9.17) is 9.84 Å². The van der Waals surface area contributed by atoms with Gasteiger partial charge in [-0.25, -0.2) is 0 Å². The molecule has 1 atom stereocenters. The molecule has 4 heteroatoms. The van der Waals surface area contributed by atoms with Gasteiger partial charge in [-0.15, -0.1) is 0 Å². The van der Waals surface area contributed by atoms with Crippen LogP contribution in [0.3, 0.4) is 0 Å². The van der Waals surface area contributed by atoms with Gasteiger partial charge in [-0.2, -0.15) is 0 Å². The fourth-order valence-electron chi connectivity index (χ4n) is 2.70. The average molecular weight is 289 g/mol. The molecule has 1 heterocycles. The lowest BCUT2D eigenvalue weighted by Crippen LogP contribution is -2.40. The summed E-state index contributed by atoms with van der Waals surface area (Å²) in [4.78, 5) is 14.4. The Morgan fingerprint density at radius 3 is 2.86 bits per heavy atom. The second kappa shape index (κ2) is 7.84. The summed E-state index contributed by atoms with van der Waals surface area (Å²) in [5.74, 6) is 1.22. The number of rotatable bonds is 6. The Bertz CT molecular complexity index is 467. The molecule has 0 bridgehead atoms. The van der Waals surface area contributed by atoms with Gasteiger partial charge in [-0.05, 0) is 49.4 Å². The van der Waals surface area contributed by atoms with Crippen LogP contribution in [0.1, 0.15) is 29.6 Å². The first-order valence-electron chi connectivity index (χ1n) is 7.48. The Kier molecular flexibility index (Phi) is 5.81. The zero-order valence-electron chi connectivity index (χ0n) is 12.3. The molecule has 1 aromatic carbocycles. The van der Waals surface area contributed by atoms with E-state index >= 15 is 0 Å². The fraction of sp³-hybridized carbons (Fsp3) is 0.471. The van der Waals surface area contributed by atoms with E-state index in [1.807, 2.05) is 17.0 Å². The highest BCUT2D eigenvalue weighted by atomic mass is 16.5. The minimum atomic E-state index is 0.0629. The minimum absolute atomic E-state index is 0.0629. The summed E-state index contributed by atoms with van der Waals surface area (Å²) in [6.07, 6.45) is 4.57. The lowest BCUT2D eigenvalue weighted by atomic mass is 9.94. The van der Waals surface area contributed by atoms with Gasteiger partial charge in [0.15, 0.2) is 0 Å². The molecule has 1 fully saturated rings. The third kappa shape index (κ3) is 4.33. The smallest absolute Gasteiger partial charge is 0.253 e. The highest BCUT2D eigenvalue weighted by Gasteiger charge is 2.24. The predicted octanol–water partition coefficient (Wildman–Crippen LogP) is 2.49. The van der Waals surface area contributed by atoms with Gasteiger partial charge >= 0.3 is 0 Å². The number of hydrogen-bond donors (Lipinski definition) is 1. The number of carbonyl (C=O) groups is 1. The summed E-state index contributed by atoms with van der Waals surface area (Å²) in [5.41, 5.74) is 0.686. The number of aliphatic hydroxyl groups is 1. The molecule has 114 valence electrons. The van der Waals surface area contributed by atoms with E-state index in [1.54, 1.807) is 18.2 Å². The molecular weight excluding hydrogens is 266 g/mol. The Morgan fingerprint density at radius 1 is 1.43 bits per heavy atom. The molecule has 0 saturated carbocycles. The van der Waals surface area contributed by atoms with Crippen molar-refractivity contribution in [2.24, 2.45) is 5.92 Å². The lowest BCUT2D eigenvalue weighted by molar-refractivity contribution is 0.0653. The SMILES string of the molecule is C=CCOc1ccc(C(=O)N2CCCC(CCO)C2)cc1. The van der Waals surface area contributed by atoms with Gasteiger partial charge in [0.05, 0.1) is 0 Å². The van der Waals surface area contributed by atoms with E-state index < -0.39 is 0 Å². The van der Waals surface area contributed by atoms with E-state index in [1.165, 1.54) is 0 Å². The van der Waals surface area contributed by atoms with Gasteiger partial charge in [0.2, 0.25) is 0 Å². The van der Waals surface area contributed by atoms with Crippen LogP contribution in [-0.2, 0) is 0 Å². The highest BCUT2D eigenvalue weighted by molar-refractivity contribution is 5.94. The third-order valence-electron chi connectivity index (χ3n) is 3.81. The van der Waals surface area contributed by atoms with Crippen molar-refractivity contribution < 1.29 is 14.6 Å². The average Bonchev–Trinajstić information content (AvgIpc) is 2.53. The molecule has 2 rings (SSSR count). The molecule has 1 N–H and O–H groups in total. The molecule has 0 aliphatic carbocycles. The number of carbonyl (C=O) groups excluding carboxylic acids is 1. The number of nitrogens with zero attached hydrogens (tertiary/aromatic N) is 1. The number of ether oxygens (including phenoxy) is 1. The van der Waals surface area contributed by atoms with Gasteiger partial charge in [0.25, 0.3) is 5.91 Å². The maximum atomic E-state index is 12.5. The first kappa shape index (κ1) is 15.6. The summed E-state index contributed by atoms with van der Waals surface area (Å²) in [6, 6.07) is 7.23. The summed E-state index contributed by atoms with van der Waals surface area (Å²) in [7, 11) is 0. The highest BCUT2D eigenvalue weighted by Crippen LogP contribution is 2.21. The maximum Gasteiger partial charge on any atom is 0.253 e. The molecule has 1 saturated heterocycles. The Morgan fingerprint density at radius 2 is 2.19 bits per heavy atom. The Labute approximate surface area is 126 Å². The topological polar surface area (TPSA) is 49.8 Å². The van der Waals surface area contributed by atoms with Gasteiger partial charge < -0.3 is 14.7 Å². The van der Waals surface area contributed by atoms with Crippen molar-refractivity contribution >= 4 is 5.91 Å². The van der Waals surface area contributed by atoms with Gasteiger partial charge in [0.1, 0.15) is 12.4 Å². The van der Waals surface area contributed by atoms with E-state index in [9.17, 15) is 4.79 Å². The molecule has 0 radical (unpaired) electrons. The fourth-order valence-corrected chi connectivity index (χ4v) is 2.70. The third-order valence-corrected chi connectivity index (χ3v) is 3.81. The van der Waals surface area contributed by atoms with Crippen LogP contribution in [0.25, 0.3) is 0 Å². The van der Waals surface area contributed by atoms with E-state index in [-0.39, 0.29) is 12.5 Å². The molecule has 1 unspecified atom stereocenters. The molecule has 0 aromatic heterocycles. The van der Waals surface area contributed by atoms with Gasteiger partial charge in [-0.3, -0.25) is 4.79 Å². The van der Waals surface area contributed by atoms with Crippen LogP contribution in [0.2, 0.25) is 0 Å². The first-order chi connectivity index (χ1) is 10.2. The van der Waals surface area contributed by atoms with E-state index in [0.717, 1.165) is 38.1 Å². The number of benzene rings is 1. The van der Waals surface area contributed by atoms with Crippen molar-refractivity contribution in [3.05, 3.63) is 42.5 Å². The number of aliphatic hydroxyl groups excluding tert-OH is 1. The van der Waals surface area contributed by atoms with E-state index in [0.29, 0.717) is 18.1 Å². The van der Waals surface area contributed by atoms with Crippen molar-refractivity contribution in [2.45, 2.75) is 19.3 Å². The molecule has 4 nitrogen and oxygen atoms in total. The molecule has 1 aliphatic heterocycles. The van der Waals surface area contributed by atoms with Crippen molar-refractivity contribution in [2.75, 3.05) is 26.3 Å². The van der Waals surface area contributed by atoms with E-state index in [2.05, 4.69) is 6.58 Å². The van der Waals surface area contributed by atoms with Crippen LogP contribution >= 0.6 is 0 Å². The van der Waals surface area contributed by atoms with Crippen molar-refractivity contribution in [3.8, 4) is 5.75 Å². The normalized spacial score (nSPS) is 18.3. The van der Waals surface area contributed by atoms with Crippen LogP contribution in [-0.4, -0.2) is 42.2 Å². The zero-order valence-corrected chi connectivity index (χ0v) is 12.3. The molecular formula is C17H23NO3. The van der Waals surface area contributed by atoms with Crippen molar-refractivity contribution in [1.29, 1.82) is 0 Å². The minimum Gasteiger partial charge on any atom is -0.490 e. The summed E-state index contributed by atoms with van der Waals surface area (Å²) in [6.45, 7) is 5.80. The number of likely N-dealkylation sites (tertiary alicyclic amines) is 1. The van der Waals surface area contributed by atoms with Gasteiger partial charge in [0, 0.05) is 25.3 Å². The summed E-state index contributed by atoms with van der Waals surface area (Å²) in [5, 5.41) is 9.04. The first-order valence-corrected chi connectivity index (χ1v) is 7.48. The van der Waals surface area contributed by atoms with Crippen LogP contribution < -0.4 is 4.74 Å². The predicted molar refractivity (Wildman–Crippen MR) is 82.5 cm³/mol. The number of amides is 1. The number of hydrogen-bond acceptors (Lipinski definition) is 3. The standard InChI is InChI=1S/C17H23NO3/c1-2-12-21-16-7-5-15(6-8-16)17(20)18-10-3-4-14(13-18)9-11-19/h2,5-8,14,19H,1,3-4,9-13H2. The van der Waals surface area contributed by atoms with Gasteiger partial charge in [-0.1, -0.05) is 12.7 Å². The van der Waals surface area contributed by atoms with Crippen LogP contribution in [0.5, 0.6) is 5.75 Å². The molecule has 21 heavy (non-hydrogen) atoms. The molecule has 0 spiro atoms. The second-order valence-corrected chi connectivity index (χ2v) is 5.40. The number of piperidine rings is 1. The quantitative estimate of drug-likeness (QED) is 0.819. The molecule has 1 aromatic rings. The Balaban J connectivity index is 1.97. The maximum absolute atomic E-state index is 12.5. The van der Waals surface area contributed by atoms with Crippen LogP contribution in [0.15, 0.2) is 36.9 Å². The largest absolute Gasteiger partial charge is 0.490 e. The van der Waals surface area contributed by atoms with Crippen LogP contribution in [0, 0.1) is 5.92 Å². The molecule has 1 amide bonds. The monoisotopic (exact) mass is 289 g/mol. The van der Waals surface area contributed by atoms with Crippen LogP contribution in [0.4, 0.5) is 0 Å². The summed E-state index contributed by atoms with van der Waals surface area (Å²) >= 11 is 0. The Hall–Kier alpha value is -1.81. The lowest BCUT2D eigenvalue weighted by Gasteiger charge is -2.32. The van der Waals surface area contributed by atoms with Crippen molar-refractivity contribution in [1.82, 2.24) is 4.90 Å². The van der Waals surface area contributed by atoms with Crippen molar-refractivity contribution in [3.63, 3.8) is 0 Å². The zero-order chi connectivity index (χ0) is 15.1. The second-order valence-electron chi connectivity index (χ2n) is 5.40.